The summed E-state index contributed by atoms with van der Waals surface area (Å²) in [6.45, 7) is 0. The third kappa shape index (κ3) is 5.45. The number of hydrogen-bond donors (Lipinski definition) is 0. The summed E-state index contributed by atoms with van der Waals surface area (Å²) in [5.41, 5.74) is 12.0. The van der Waals surface area contributed by atoms with Crippen LogP contribution in [0.25, 0.3) is 106 Å². The van der Waals surface area contributed by atoms with Crippen molar-refractivity contribution in [3.05, 3.63) is 194 Å². The van der Waals surface area contributed by atoms with Gasteiger partial charge < -0.3 is 8.98 Å². The number of rotatable bonds is 6. The average Bonchev–Trinajstić information content (AvgIpc) is 3.85. The first-order valence-electron chi connectivity index (χ1n) is 19.2. The quantitative estimate of drug-likeness (QED) is 0.169. The minimum absolute atomic E-state index is 0.523. The van der Waals surface area contributed by atoms with Crippen LogP contribution in [0.5, 0.6) is 0 Å². The van der Waals surface area contributed by atoms with Gasteiger partial charge in [0.2, 0.25) is 0 Å². The molecule has 6 nitrogen and oxygen atoms in total. The molecule has 0 fully saturated rings. The molecule has 11 rings (SSSR count). The van der Waals surface area contributed by atoms with Crippen molar-refractivity contribution < 1.29 is 4.42 Å². The summed E-state index contributed by atoms with van der Waals surface area (Å²) in [7, 11) is 0. The SMILES string of the molecule is N#Cc1cccc(-c2ccccc2-c2nc(-c3ccc4c(c3)oc3cccc(-c5ccccc5)c34)nc(-c3cccc4c3c3ccccc3n4-c3ccccc3)n2)c1. The van der Waals surface area contributed by atoms with Gasteiger partial charge in [-0.3, -0.25) is 0 Å². The molecule has 0 atom stereocenters. The fraction of sp³-hybridized carbons (Fsp3) is 0. The number of aromatic nitrogens is 4. The van der Waals surface area contributed by atoms with Crippen LogP contribution < -0.4 is 0 Å². The Hall–Kier alpha value is -8.14. The number of para-hydroxylation sites is 2. The van der Waals surface area contributed by atoms with Crippen LogP contribution >= 0.6 is 0 Å². The molecular formula is C52H31N5O. The molecule has 0 saturated heterocycles. The Morgan fingerprint density at radius 2 is 1.05 bits per heavy atom. The molecule has 0 aliphatic rings. The largest absolute Gasteiger partial charge is 0.456 e. The van der Waals surface area contributed by atoms with Crippen LogP contribution in [0, 0.1) is 11.3 Å². The van der Waals surface area contributed by atoms with E-state index >= 15 is 0 Å². The van der Waals surface area contributed by atoms with Crippen LogP contribution in [0.4, 0.5) is 0 Å². The molecule has 3 heterocycles. The van der Waals surface area contributed by atoms with Gasteiger partial charge >= 0.3 is 0 Å². The Morgan fingerprint density at radius 3 is 1.90 bits per heavy atom. The lowest BCUT2D eigenvalue weighted by atomic mass is 9.97. The molecule has 0 N–H and O–H groups in total. The summed E-state index contributed by atoms with van der Waals surface area (Å²) in [6.07, 6.45) is 0. The number of nitriles is 1. The summed E-state index contributed by atoms with van der Waals surface area (Å²) >= 11 is 0. The van der Waals surface area contributed by atoms with Crippen LogP contribution in [-0.2, 0) is 0 Å². The molecule has 6 heteroatoms. The fourth-order valence-electron chi connectivity index (χ4n) is 8.32. The normalized spacial score (nSPS) is 11.4. The summed E-state index contributed by atoms with van der Waals surface area (Å²) < 4.78 is 8.86. The Kier molecular flexibility index (Phi) is 7.76. The minimum atomic E-state index is 0.523. The molecule has 0 unspecified atom stereocenters. The molecule has 58 heavy (non-hydrogen) atoms. The molecule has 0 aliphatic carbocycles. The number of hydrogen-bond acceptors (Lipinski definition) is 5. The smallest absolute Gasteiger partial charge is 0.164 e. The molecule has 3 aromatic heterocycles. The monoisotopic (exact) mass is 741 g/mol. The first kappa shape index (κ1) is 33.2. The maximum atomic E-state index is 9.76. The standard InChI is InChI=1S/C52H31N5O/c53-32-33-14-11-17-35(30-33)38-20-7-8-21-40(38)51-54-50(36-28-29-42-47(31-36)58-46-27-13-23-39(49(42)46)34-15-3-1-4-16-34)55-52(56-51)43-24-12-26-45-48(43)41-22-9-10-25-44(41)57(45)37-18-5-2-6-19-37/h1-31H. The first-order valence-corrected chi connectivity index (χ1v) is 19.2. The zero-order chi connectivity index (χ0) is 38.6. The van der Waals surface area contributed by atoms with Crippen molar-refractivity contribution in [2.24, 2.45) is 0 Å². The average molecular weight is 742 g/mol. The molecule has 0 amide bonds. The molecule has 0 aliphatic heterocycles. The predicted molar refractivity (Wildman–Crippen MR) is 233 cm³/mol. The van der Waals surface area contributed by atoms with Gasteiger partial charge in [-0.1, -0.05) is 133 Å². The zero-order valence-corrected chi connectivity index (χ0v) is 31.0. The second kappa shape index (κ2) is 13.6. The van der Waals surface area contributed by atoms with Crippen molar-refractivity contribution in [3.8, 4) is 68.2 Å². The van der Waals surface area contributed by atoms with Crippen molar-refractivity contribution >= 4 is 43.7 Å². The summed E-state index contributed by atoms with van der Waals surface area (Å²) in [6, 6.07) is 66.1. The van der Waals surface area contributed by atoms with E-state index in [2.05, 4.69) is 120 Å². The number of fused-ring (bicyclic) bond motifs is 6. The van der Waals surface area contributed by atoms with Gasteiger partial charge in [0, 0.05) is 43.9 Å². The van der Waals surface area contributed by atoms with Crippen LogP contribution in [-0.4, -0.2) is 19.5 Å². The third-order valence-electron chi connectivity index (χ3n) is 10.9. The summed E-state index contributed by atoms with van der Waals surface area (Å²) in [5, 5.41) is 14.0. The van der Waals surface area contributed by atoms with E-state index in [0.717, 1.165) is 88.4 Å². The Labute approximate surface area is 333 Å². The van der Waals surface area contributed by atoms with Gasteiger partial charge in [-0.05, 0) is 76.9 Å². The van der Waals surface area contributed by atoms with E-state index < -0.39 is 0 Å². The highest BCUT2D eigenvalue weighted by Gasteiger charge is 2.21. The Bertz CT molecular complexity index is 3410. The zero-order valence-electron chi connectivity index (χ0n) is 31.0. The Balaban J connectivity index is 1.16. The van der Waals surface area contributed by atoms with Gasteiger partial charge in [0.15, 0.2) is 17.5 Å². The third-order valence-corrected chi connectivity index (χ3v) is 10.9. The maximum Gasteiger partial charge on any atom is 0.164 e. The van der Waals surface area contributed by atoms with Gasteiger partial charge in [-0.2, -0.15) is 5.26 Å². The molecule has 0 bridgehead atoms. The lowest BCUT2D eigenvalue weighted by Crippen LogP contribution is -2.01. The predicted octanol–water partition coefficient (Wildman–Crippen LogP) is 13.1. The van der Waals surface area contributed by atoms with E-state index in [1.807, 2.05) is 78.9 Å². The van der Waals surface area contributed by atoms with Crippen molar-refractivity contribution in [2.45, 2.75) is 0 Å². The van der Waals surface area contributed by atoms with Crippen LogP contribution in [0.15, 0.2) is 192 Å². The highest BCUT2D eigenvalue weighted by Crippen LogP contribution is 2.41. The van der Waals surface area contributed by atoms with Gasteiger partial charge in [-0.25, -0.2) is 15.0 Å². The summed E-state index contributed by atoms with van der Waals surface area (Å²) in [5.74, 6) is 1.60. The molecule has 0 spiro atoms. The van der Waals surface area contributed by atoms with E-state index in [-0.39, 0.29) is 0 Å². The van der Waals surface area contributed by atoms with Crippen LogP contribution in [0.2, 0.25) is 0 Å². The molecule has 0 radical (unpaired) electrons. The van der Waals surface area contributed by atoms with E-state index in [4.69, 9.17) is 19.4 Å². The van der Waals surface area contributed by atoms with Crippen LogP contribution in [0.1, 0.15) is 5.56 Å². The van der Waals surface area contributed by atoms with E-state index in [0.29, 0.717) is 23.0 Å². The highest BCUT2D eigenvalue weighted by atomic mass is 16.3. The van der Waals surface area contributed by atoms with E-state index in [1.165, 1.54) is 0 Å². The van der Waals surface area contributed by atoms with E-state index in [1.54, 1.807) is 0 Å². The second-order valence-corrected chi connectivity index (χ2v) is 14.3. The second-order valence-electron chi connectivity index (χ2n) is 14.3. The molecule has 11 aromatic rings. The van der Waals surface area contributed by atoms with Gasteiger partial charge in [0.1, 0.15) is 11.2 Å². The van der Waals surface area contributed by atoms with Crippen LogP contribution in [0.3, 0.4) is 0 Å². The topological polar surface area (TPSA) is 80.5 Å². The number of benzene rings is 8. The Morgan fingerprint density at radius 1 is 0.414 bits per heavy atom. The maximum absolute atomic E-state index is 9.76. The molecular weight excluding hydrogens is 711 g/mol. The van der Waals surface area contributed by atoms with E-state index in [9.17, 15) is 5.26 Å². The van der Waals surface area contributed by atoms with Crippen molar-refractivity contribution in [1.29, 1.82) is 5.26 Å². The van der Waals surface area contributed by atoms with Crippen molar-refractivity contribution in [1.82, 2.24) is 19.5 Å². The lowest BCUT2D eigenvalue weighted by molar-refractivity contribution is 0.669. The molecule has 270 valence electrons. The van der Waals surface area contributed by atoms with Crippen molar-refractivity contribution in [2.75, 3.05) is 0 Å². The van der Waals surface area contributed by atoms with Crippen molar-refractivity contribution in [3.63, 3.8) is 0 Å². The summed E-state index contributed by atoms with van der Waals surface area (Å²) in [4.78, 5) is 15.8. The van der Waals surface area contributed by atoms with Gasteiger partial charge in [0.25, 0.3) is 0 Å². The van der Waals surface area contributed by atoms with Gasteiger partial charge in [-0.15, -0.1) is 0 Å². The first-order chi connectivity index (χ1) is 28.7. The number of nitrogens with zero attached hydrogens (tertiary/aromatic N) is 5. The highest BCUT2D eigenvalue weighted by molar-refractivity contribution is 6.15. The number of furan rings is 1. The molecule has 0 saturated carbocycles. The van der Waals surface area contributed by atoms with Gasteiger partial charge in [0.05, 0.1) is 22.7 Å². The fourth-order valence-corrected chi connectivity index (χ4v) is 8.32. The minimum Gasteiger partial charge on any atom is -0.456 e. The lowest BCUT2D eigenvalue weighted by Gasteiger charge is -2.13. The molecule has 8 aromatic carbocycles.